The third-order valence-corrected chi connectivity index (χ3v) is 4.32. The van der Waals surface area contributed by atoms with Crippen LogP contribution in [0.4, 0.5) is 0 Å². The normalized spacial score (nSPS) is 18.2. The molecular formula is C19H41N3O2. The summed E-state index contributed by atoms with van der Waals surface area (Å²) in [5.41, 5.74) is 0.628. The number of hydrogen-bond donors (Lipinski definition) is 1. The highest BCUT2D eigenvalue weighted by molar-refractivity contribution is 4.81. The summed E-state index contributed by atoms with van der Waals surface area (Å²) in [6, 6.07) is 0. The van der Waals surface area contributed by atoms with Gasteiger partial charge in [0.25, 0.3) is 0 Å². The fraction of sp³-hybridized carbons (Fsp3) is 1.00. The van der Waals surface area contributed by atoms with E-state index in [2.05, 4.69) is 56.7 Å². The van der Waals surface area contributed by atoms with Gasteiger partial charge >= 0.3 is 0 Å². The molecule has 0 amide bonds. The van der Waals surface area contributed by atoms with Gasteiger partial charge in [-0.1, -0.05) is 20.8 Å². The van der Waals surface area contributed by atoms with Crippen LogP contribution in [0.5, 0.6) is 0 Å². The van der Waals surface area contributed by atoms with Gasteiger partial charge in [-0.05, 0) is 26.2 Å². The second-order valence-corrected chi connectivity index (χ2v) is 8.96. The molecular weight excluding hydrogens is 302 g/mol. The van der Waals surface area contributed by atoms with Gasteiger partial charge in [-0.25, -0.2) is 0 Å². The van der Waals surface area contributed by atoms with Gasteiger partial charge in [0.15, 0.2) is 0 Å². The zero-order chi connectivity index (χ0) is 18.1. The smallest absolute Gasteiger partial charge is 0.0701 e. The van der Waals surface area contributed by atoms with Crippen LogP contribution in [0.2, 0.25) is 0 Å². The lowest BCUT2D eigenvalue weighted by Gasteiger charge is -2.42. The maximum absolute atomic E-state index is 5.69. The highest BCUT2D eigenvalue weighted by atomic mass is 16.5. The number of piperazine rings is 1. The van der Waals surface area contributed by atoms with Gasteiger partial charge < -0.3 is 14.8 Å². The monoisotopic (exact) mass is 343 g/mol. The van der Waals surface area contributed by atoms with Gasteiger partial charge in [0, 0.05) is 51.4 Å². The minimum atomic E-state index is 0.293. The van der Waals surface area contributed by atoms with Gasteiger partial charge in [-0.2, -0.15) is 0 Å². The lowest BCUT2D eigenvalue weighted by atomic mass is 9.97. The first-order valence-electron chi connectivity index (χ1n) is 9.52. The van der Waals surface area contributed by atoms with Crippen LogP contribution in [0.25, 0.3) is 0 Å². The van der Waals surface area contributed by atoms with Crippen LogP contribution in [0.3, 0.4) is 0 Å². The van der Waals surface area contributed by atoms with E-state index in [9.17, 15) is 0 Å². The molecule has 1 N–H and O–H groups in total. The molecule has 0 unspecified atom stereocenters. The van der Waals surface area contributed by atoms with Crippen LogP contribution in [0.15, 0.2) is 0 Å². The Morgan fingerprint density at radius 2 is 1.38 bits per heavy atom. The number of nitrogens with one attached hydrogen (secondary N) is 1. The van der Waals surface area contributed by atoms with Crippen LogP contribution in [0.1, 0.15) is 41.5 Å². The molecule has 24 heavy (non-hydrogen) atoms. The summed E-state index contributed by atoms with van der Waals surface area (Å²) in [6.45, 7) is 24.1. The average molecular weight is 344 g/mol. The molecule has 0 spiro atoms. The molecule has 1 saturated heterocycles. The molecule has 1 fully saturated rings. The lowest BCUT2D eigenvalue weighted by Crippen LogP contribution is -2.53. The maximum atomic E-state index is 5.69. The molecule has 0 radical (unpaired) electrons. The number of hydrogen-bond acceptors (Lipinski definition) is 5. The van der Waals surface area contributed by atoms with E-state index < -0.39 is 0 Å². The first kappa shape index (κ1) is 21.8. The summed E-state index contributed by atoms with van der Waals surface area (Å²) in [5.74, 6) is 0. The number of nitrogens with zero attached hydrogens (tertiary/aromatic N) is 2. The molecule has 1 aliphatic heterocycles. The average Bonchev–Trinajstić information content (AvgIpc) is 2.47. The quantitative estimate of drug-likeness (QED) is 0.615. The lowest BCUT2D eigenvalue weighted by molar-refractivity contribution is 0.0214. The molecule has 144 valence electrons. The predicted molar refractivity (Wildman–Crippen MR) is 102 cm³/mol. The van der Waals surface area contributed by atoms with Crippen molar-refractivity contribution in [1.29, 1.82) is 0 Å². The Balaban J connectivity index is 1.88. The minimum absolute atomic E-state index is 0.293. The third-order valence-electron chi connectivity index (χ3n) is 4.32. The molecule has 1 aliphatic rings. The Labute approximate surface area is 150 Å². The molecule has 1 rings (SSSR count). The summed E-state index contributed by atoms with van der Waals surface area (Å²) in [5, 5.41) is 3.41. The fourth-order valence-corrected chi connectivity index (χ4v) is 2.77. The molecule has 0 aromatic heterocycles. The van der Waals surface area contributed by atoms with Crippen molar-refractivity contribution in [3.05, 3.63) is 0 Å². The summed E-state index contributed by atoms with van der Waals surface area (Å²) in [6.07, 6.45) is 0. The Morgan fingerprint density at radius 3 is 1.92 bits per heavy atom. The molecule has 0 atom stereocenters. The molecule has 5 nitrogen and oxygen atoms in total. The van der Waals surface area contributed by atoms with Crippen LogP contribution < -0.4 is 5.32 Å². The van der Waals surface area contributed by atoms with E-state index in [4.69, 9.17) is 9.47 Å². The molecule has 0 bridgehead atoms. The molecule has 0 aliphatic carbocycles. The van der Waals surface area contributed by atoms with Gasteiger partial charge in [-0.3, -0.25) is 9.80 Å². The fourth-order valence-electron chi connectivity index (χ4n) is 2.77. The van der Waals surface area contributed by atoms with Crippen molar-refractivity contribution in [2.75, 3.05) is 72.2 Å². The molecule has 5 heteroatoms. The van der Waals surface area contributed by atoms with Gasteiger partial charge in [0.1, 0.15) is 0 Å². The van der Waals surface area contributed by atoms with Gasteiger partial charge in [0.05, 0.1) is 26.4 Å². The largest absolute Gasteiger partial charge is 0.378 e. The van der Waals surface area contributed by atoms with Crippen molar-refractivity contribution < 1.29 is 9.47 Å². The summed E-state index contributed by atoms with van der Waals surface area (Å²) < 4.78 is 11.3. The molecule has 1 heterocycles. The second-order valence-electron chi connectivity index (χ2n) is 8.96. The zero-order valence-electron chi connectivity index (χ0n) is 17.0. The molecule has 0 saturated carbocycles. The van der Waals surface area contributed by atoms with Crippen molar-refractivity contribution >= 4 is 0 Å². The number of ether oxygens (including phenoxy) is 2. The highest BCUT2D eigenvalue weighted by Crippen LogP contribution is 2.15. The second kappa shape index (κ2) is 10.7. The third kappa shape index (κ3) is 10.6. The topological polar surface area (TPSA) is 37.0 Å². The van der Waals surface area contributed by atoms with E-state index in [0.717, 1.165) is 59.0 Å². The van der Waals surface area contributed by atoms with Crippen LogP contribution >= 0.6 is 0 Å². The zero-order valence-corrected chi connectivity index (χ0v) is 17.0. The van der Waals surface area contributed by atoms with Crippen molar-refractivity contribution in [3.8, 4) is 0 Å². The predicted octanol–water partition coefficient (Wildman–Crippen LogP) is 2.07. The first-order chi connectivity index (χ1) is 11.2. The Morgan fingerprint density at radius 1 is 0.792 bits per heavy atom. The van der Waals surface area contributed by atoms with E-state index in [0.29, 0.717) is 24.2 Å². The minimum Gasteiger partial charge on any atom is -0.378 e. The summed E-state index contributed by atoms with van der Waals surface area (Å²) >= 11 is 0. The highest BCUT2D eigenvalue weighted by Gasteiger charge is 2.25. The van der Waals surface area contributed by atoms with Crippen molar-refractivity contribution in [2.24, 2.45) is 5.41 Å². The van der Waals surface area contributed by atoms with Crippen molar-refractivity contribution in [2.45, 2.75) is 47.1 Å². The van der Waals surface area contributed by atoms with Crippen LogP contribution in [-0.2, 0) is 9.47 Å². The SMILES string of the molecule is CC(C)(C)CNCCOCCOCCN1CCN(C(C)(C)C)CC1. The standard InChI is InChI=1S/C19H41N3O2/c1-18(2,3)17-20-7-13-23-15-16-24-14-12-21-8-10-22(11-9-21)19(4,5)6/h20H,7-17H2,1-6H3. The Hall–Kier alpha value is -0.200. The van der Waals surface area contributed by atoms with Gasteiger partial charge in [0.2, 0.25) is 0 Å². The van der Waals surface area contributed by atoms with E-state index in [1.165, 1.54) is 0 Å². The maximum Gasteiger partial charge on any atom is 0.0701 e. The van der Waals surface area contributed by atoms with Crippen molar-refractivity contribution in [3.63, 3.8) is 0 Å². The van der Waals surface area contributed by atoms with Gasteiger partial charge in [-0.15, -0.1) is 0 Å². The van der Waals surface area contributed by atoms with Crippen molar-refractivity contribution in [1.82, 2.24) is 15.1 Å². The van der Waals surface area contributed by atoms with E-state index in [1.54, 1.807) is 0 Å². The Bertz CT molecular complexity index is 316. The summed E-state index contributed by atoms with van der Waals surface area (Å²) in [7, 11) is 0. The Kier molecular flexibility index (Phi) is 9.75. The van der Waals surface area contributed by atoms with Crippen LogP contribution in [0, 0.1) is 5.41 Å². The summed E-state index contributed by atoms with van der Waals surface area (Å²) in [4.78, 5) is 5.06. The van der Waals surface area contributed by atoms with Crippen LogP contribution in [-0.4, -0.2) is 87.6 Å². The first-order valence-corrected chi connectivity index (χ1v) is 9.52. The molecule has 0 aromatic rings. The van der Waals surface area contributed by atoms with E-state index >= 15 is 0 Å². The van der Waals surface area contributed by atoms with E-state index in [-0.39, 0.29) is 0 Å². The molecule has 0 aromatic carbocycles. The van der Waals surface area contributed by atoms with E-state index in [1.807, 2.05) is 0 Å². The number of rotatable bonds is 10.